The van der Waals surface area contributed by atoms with Crippen molar-refractivity contribution < 1.29 is 33.8 Å². The van der Waals surface area contributed by atoms with Crippen LogP contribution in [0, 0.1) is 5.92 Å². The lowest BCUT2D eigenvalue weighted by Crippen LogP contribution is -2.56. The maximum absolute atomic E-state index is 13.5. The van der Waals surface area contributed by atoms with E-state index in [0.717, 1.165) is 25.7 Å². The van der Waals surface area contributed by atoms with E-state index in [4.69, 9.17) is 4.74 Å². The van der Waals surface area contributed by atoms with Crippen molar-refractivity contribution in [3.8, 4) is 11.4 Å². The fourth-order valence-electron chi connectivity index (χ4n) is 5.06. The molecule has 1 saturated heterocycles. The number of carboxylic acids is 1. The first-order chi connectivity index (χ1) is 20.2. The molecule has 13 nitrogen and oxygen atoms in total. The van der Waals surface area contributed by atoms with Crippen LogP contribution in [-0.4, -0.2) is 93.5 Å². The molecule has 0 radical (unpaired) electrons. The van der Waals surface area contributed by atoms with E-state index < -0.39 is 29.9 Å². The van der Waals surface area contributed by atoms with E-state index in [9.17, 15) is 29.1 Å². The minimum atomic E-state index is -1.14. The third-order valence-corrected chi connectivity index (χ3v) is 7.34. The maximum Gasteiger partial charge on any atom is 0.409 e. The van der Waals surface area contributed by atoms with Gasteiger partial charge in [-0.05, 0) is 26.2 Å². The number of amides is 4. The summed E-state index contributed by atoms with van der Waals surface area (Å²) < 4.78 is 5.02. The van der Waals surface area contributed by atoms with Crippen LogP contribution in [0.15, 0.2) is 36.4 Å². The highest BCUT2D eigenvalue weighted by molar-refractivity contribution is 5.98. The van der Waals surface area contributed by atoms with Crippen molar-refractivity contribution in [1.82, 2.24) is 25.1 Å². The Balaban J connectivity index is 1.53. The predicted octanol–water partition coefficient (Wildman–Crippen LogP) is 2.54. The van der Waals surface area contributed by atoms with E-state index in [-0.39, 0.29) is 74.8 Å². The van der Waals surface area contributed by atoms with Crippen LogP contribution in [0.3, 0.4) is 0 Å². The number of piperazine rings is 1. The molecule has 2 fully saturated rings. The van der Waals surface area contributed by atoms with Gasteiger partial charge in [-0.25, -0.2) is 14.8 Å². The van der Waals surface area contributed by atoms with Gasteiger partial charge in [0.05, 0.1) is 6.61 Å². The van der Waals surface area contributed by atoms with Gasteiger partial charge in [-0.2, -0.15) is 0 Å². The van der Waals surface area contributed by atoms with Gasteiger partial charge in [0.15, 0.2) is 5.82 Å². The summed E-state index contributed by atoms with van der Waals surface area (Å²) in [6.45, 7) is 2.87. The summed E-state index contributed by atoms with van der Waals surface area (Å²) in [5, 5.41) is 14.7. The lowest BCUT2D eigenvalue weighted by molar-refractivity contribution is -0.138. The molecule has 1 aliphatic heterocycles. The molecule has 1 aromatic heterocycles. The van der Waals surface area contributed by atoms with Crippen LogP contribution in [-0.2, 0) is 19.1 Å². The van der Waals surface area contributed by atoms with Crippen LogP contribution in [0.2, 0.25) is 0 Å². The summed E-state index contributed by atoms with van der Waals surface area (Å²) in [6.07, 6.45) is 2.59. The van der Waals surface area contributed by atoms with Gasteiger partial charge in [-0.3, -0.25) is 19.2 Å². The van der Waals surface area contributed by atoms with E-state index in [0.29, 0.717) is 5.56 Å². The Labute approximate surface area is 243 Å². The van der Waals surface area contributed by atoms with Crippen LogP contribution in [0.5, 0.6) is 0 Å². The van der Waals surface area contributed by atoms with E-state index in [2.05, 4.69) is 20.6 Å². The van der Waals surface area contributed by atoms with Crippen molar-refractivity contribution in [2.45, 2.75) is 51.5 Å². The van der Waals surface area contributed by atoms with Crippen LogP contribution in [0.1, 0.15) is 55.9 Å². The number of carbonyl (C=O) groups is 5. The zero-order valence-electron chi connectivity index (χ0n) is 23.6. The molecule has 1 aliphatic carbocycles. The standard InChI is InChI=1S/C29H36N6O7/c1-2-42-29(41)35-16-14-34(15-17-35)28(40)21(12-13-24(36)37)31-27(39)22-18-23(33-26(38)20-10-6-7-11-20)32-25(30-22)19-8-4-3-5-9-19/h3-5,8-9,18,20-21H,2,6-7,10-17H2,1H3,(H,31,39)(H,36,37)(H,30,32,33,38)/t21-/m0/s1. The third kappa shape index (κ3) is 8.02. The van der Waals surface area contributed by atoms with Gasteiger partial charge in [0.1, 0.15) is 17.6 Å². The number of ether oxygens (including phenoxy) is 1. The molecule has 13 heteroatoms. The number of nitrogens with one attached hydrogen (secondary N) is 2. The highest BCUT2D eigenvalue weighted by atomic mass is 16.6. The molecule has 2 aromatic rings. The topological polar surface area (TPSA) is 171 Å². The number of carboxylic acid groups (broad SMARTS) is 1. The van der Waals surface area contributed by atoms with Crippen LogP contribution in [0.25, 0.3) is 11.4 Å². The summed E-state index contributed by atoms with van der Waals surface area (Å²) in [7, 11) is 0. The average Bonchev–Trinajstić information content (AvgIpc) is 3.55. The fourth-order valence-corrected chi connectivity index (χ4v) is 5.06. The van der Waals surface area contributed by atoms with Crippen molar-refractivity contribution in [2.24, 2.45) is 5.92 Å². The molecule has 1 aromatic carbocycles. The molecular weight excluding hydrogens is 544 g/mol. The molecule has 4 amide bonds. The molecule has 1 atom stereocenters. The second kappa shape index (κ2) is 14.4. The Morgan fingerprint density at radius 2 is 1.67 bits per heavy atom. The summed E-state index contributed by atoms with van der Waals surface area (Å²) in [6, 6.07) is 9.17. The van der Waals surface area contributed by atoms with Crippen LogP contribution in [0.4, 0.5) is 10.6 Å². The zero-order valence-corrected chi connectivity index (χ0v) is 23.6. The molecular formula is C29H36N6O7. The van der Waals surface area contributed by atoms with Gasteiger partial charge >= 0.3 is 12.1 Å². The predicted molar refractivity (Wildman–Crippen MR) is 151 cm³/mol. The second-order valence-corrected chi connectivity index (χ2v) is 10.3. The maximum atomic E-state index is 13.5. The van der Waals surface area contributed by atoms with Crippen molar-refractivity contribution in [1.29, 1.82) is 0 Å². The van der Waals surface area contributed by atoms with Gasteiger partial charge in [-0.15, -0.1) is 0 Å². The quantitative estimate of drug-likeness (QED) is 0.382. The molecule has 224 valence electrons. The van der Waals surface area contributed by atoms with Gasteiger partial charge < -0.3 is 30.3 Å². The summed E-state index contributed by atoms with van der Waals surface area (Å²) in [5.74, 6) is -2.20. The molecule has 42 heavy (non-hydrogen) atoms. The summed E-state index contributed by atoms with van der Waals surface area (Å²) in [5.41, 5.74) is 0.548. The van der Waals surface area contributed by atoms with Gasteiger partial charge in [-0.1, -0.05) is 43.2 Å². The number of nitrogens with zero attached hydrogens (tertiary/aromatic N) is 4. The van der Waals surface area contributed by atoms with Gasteiger partial charge in [0, 0.05) is 50.1 Å². The molecule has 3 N–H and O–H groups in total. The smallest absolute Gasteiger partial charge is 0.409 e. The number of aliphatic carboxylic acids is 1. The number of hydrogen-bond donors (Lipinski definition) is 3. The van der Waals surface area contributed by atoms with Crippen molar-refractivity contribution in [3.63, 3.8) is 0 Å². The lowest BCUT2D eigenvalue weighted by Gasteiger charge is -2.35. The molecule has 4 rings (SSSR count). The van der Waals surface area contributed by atoms with Crippen molar-refractivity contribution >= 4 is 35.6 Å². The number of rotatable bonds is 10. The van der Waals surface area contributed by atoms with Gasteiger partial charge in [0.25, 0.3) is 5.91 Å². The first-order valence-corrected chi connectivity index (χ1v) is 14.2. The highest BCUT2D eigenvalue weighted by Gasteiger charge is 2.31. The first kappa shape index (κ1) is 30.4. The molecule has 0 bridgehead atoms. The Hall–Kier alpha value is -4.55. The van der Waals surface area contributed by atoms with Crippen LogP contribution >= 0.6 is 0 Å². The summed E-state index contributed by atoms with van der Waals surface area (Å²) >= 11 is 0. The van der Waals surface area contributed by atoms with E-state index in [1.807, 2.05) is 6.07 Å². The number of aromatic nitrogens is 2. The molecule has 0 spiro atoms. The highest BCUT2D eigenvalue weighted by Crippen LogP contribution is 2.26. The average molecular weight is 581 g/mol. The van der Waals surface area contributed by atoms with Crippen LogP contribution < -0.4 is 10.6 Å². The van der Waals surface area contributed by atoms with Crippen molar-refractivity contribution in [3.05, 3.63) is 42.1 Å². The third-order valence-electron chi connectivity index (χ3n) is 7.34. The van der Waals surface area contributed by atoms with E-state index in [1.165, 1.54) is 15.9 Å². The minimum absolute atomic E-state index is 0.0779. The van der Waals surface area contributed by atoms with Gasteiger partial charge in [0.2, 0.25) is 11.8 Å². The monoisotopic (exact) mass is 580 g/mol. The normalized spacial score (nSPS) is 16.0. The Morgan fingerprint density at radius 3 is 2.31 bits per heavy atom. The van der Waals surface area contributed by atoms with Crippen molar-refractivity contribution in [2.75, 3.05) is 38.1 Å². The summed E-state index contributed by atoms with van der Waals surface area (Å²) in [4.78, 5) is 74.9. The molecule has 0 unspecified atom stereocenters. The number of hydrogen-bond acceptors (Lipinski definition) is 8. The largest absolute Gasteiger partial charge is 0.481 e. The molecule has 2 aliphatic rings. The molecule has 1 saturated carbocycles. The Kier molecular flexibility index (Phi) is 10.4. The number of carbonyl (C=O) groups excluding carboxylic acids is 4. The SMILES string of the molecule is CCOC(=O)N1CCN(C(=O)[C@H](CCC(=O)O)NC(=O)c2cc(NC(=O)C3CCCC3)nc(-c3ccccc3)n2)CC1. The molecule has 2 heterocycles. The van der Waals surface area contributed by atoms with E-state index in [1.54, 1.807) is 31.2 Å². The fraction of sp³-hybridized carbons (Fsp3) is 0.483. The Bertz CT molecular complexity index is 1290. The van der Waals surface area contributed by atoms with E-state index >= 15 is 0 Å². The lowest BCUT2D eigenvalue weighted by atomic mass is 10.1. The first-order valence-electron chi connectivity index (χ1n) is 14.2. The Morgan fingerprint density at radius 1 is 1.00 bits per heavy atom. The second-order valence-electron chi connectivity index (χ2n) is 10.3. The minimum Gasteiger partial charge on any atom is -0.481 e. The number of anilines is 1. The number of benzene rings is 1. The zero-order chi connectivity index (χ0) is 30.1.